The van der Waals surface area contributed by atoms with E-state index in [1.807, 2.05) is 6.07 Å². The number of hydrogen-bond acceptors (Lipinski definition) is 2. The lowest BCUT2D eigenvalue weighted by atomic mass is 10.1. The Labute approximate surface area is 141 Å². The molecule has 3 rings (SSSR count). The van der Waals surface area contributed by atoms with Crippen LogP contribution in [0.4, 0.5) is 16.2 Å². The van der Waals surface area contributed by atoms with E-state index in [9.17, 15) is 4.79 Å². The molecule has 2 aromatic carbocycles. The number of nitrogens with one attached hydrogen (secondary N) is 2. The van der Waals surface area contributed by atoms with Gasteiger partial charge in [-0.3, -0.25) is 0 Å². The zero-order valence-electron chi connectivity index (χ0n) is 12.8. The summed E-state index contributed by atoms with van der Waals surface area (Å²) >= 11 is 5.83. The number of carbonyl (C=O) groups is 1. The number of para-hydroxylation sites is 1. The molecule has 2 amide bonds. The summed E-state index contributed by atoms with van der Waals surface area (Å²) in [6, 6.07) is 17.3. The molecule has 1 aliphatic rings. The second kappa shape index (κ2) is 7.38. The minimum absolute atomic E-state index is 0.175. The van der Waals surface area contributed by atoms with Crippen molar-refractivity contribution in [1.29, 1.82) is 0 Å². The summed E-state index contributed by atoms with van der Waals surface area (Å²) in [6.45, 7) is 2.70. The fourth-order valence-electron chi connectivity index (χ4n) is 2.82. The fourth-order valence-corrected chi connectivity index (χ4v) is 2.94. The molecule has 0 saturated carbocycles. The summed E-state index contributed by atoms with van der Waals surface area (Å²) in [7, 11) is 0. The van der Waals surface area contributed by atoms with Gasteiger partial charge in [0.1, 0.15) is 0 Å². The molecule has 1 atom stereocenters. The van der Waals surface area contributed by atoms with E-state index in [-0.39, 0.29) is 6.03 Å². The normalized spacial score (nSPS) is 17.1. The van der Waals surface area contributed by atoms with Crippen LogP contribution in [-0.4, -0.2) is 25.7 Å². The van der Waals surface area contributed by atoms with E-state index < -0.39 is 0 Å². The summed E-state index contributed by atoms with van der Waals surface area (Å²) in [4.78, 5) is 14.3. The Hall–Kier alpha value is -2.20. The first kappa shape index (κ1) is 15.7. The van der Waals surface area contributed by atoms with Crippen molar-refractivity contribution in [2.24, 2.45) is 5.92 Å². The van der Waals surface area contributed by atoms with E-state index in [2.05, 4.69) is 39.8 Å². The van der Waals surface area contributed by atoms with Gasteiger partial charge >= 0.3 is 6.03 Å². The van der Waals surface area contributed by atoms with Crippen LogP contribution >= 0.6 is 11.6 Å². The lowest BCUT2D eigenvalue weighted by molar-refractivity contribution is 0.250. The maximum absolute atomic E-state index is 11.9. The number of rotatable bonds is 4. The first-order chi connectivity index (χ1) is 11.2. The Bertz CT molecular complexity index is 645. The van der Waals surface area contributed by atoms with E-state index in [4.69, 9.17) is 11.6 Å². The predicted molar refractivity (Wildman–Crippen MR) is 95.2 cm³/mol. The molecule has 2 N–H and O–H groups in total. The van der Waals surface area contributed by atoms with Crippen LogP contribution in [0.1, 0.15) is 6.42 Å². The van der Waals surface area contributed by atoms with Gasteiger partial charge in [-0.2, -0.15) is 0 Å². The molecule has 0 aromatic heterocycles. The maximum Gasteiger partial charge on any atom is 0.319 e. The van der Waals surface area contributed by atoms with Crippen molar-refractivity contribution < 1.29 is 4.79 Å². The first-order valence-corrected chi connectivity index (χ1v) is 8.19. The van der Waals surface area contributed by atoms with Gasteiger partial charge in [-0.15, -0.1) is 0 Å². The number of hydrogen-bond donors (Lipinski definition) is 2. The number of anilines is 2. The summed E-state index contributed by atoms with van der Waals surface area (Å²) in [6.07, 6.45) is 1.09. The Morgan fingerprint density at radius 2 is 1.87 bits per heavy atom. The Kier molecular flexibility index (Phi) is 5.03. The van der Waals surface area contributed by atoms with Crippen molar-refractivity contribution in [3.63, 3.8) is 0 Å². The van der Waals surface area contributed by atoms with Gasteiger partial charge in [0.2, 0.25) is 0 Å². The topological polar surface area (TPSA) is 44.4 Å². The zero-order valence-corrected chi connectivity index (χ0v) is 13.6. The monoisotopic (exact) mass is 329 g/mol. The van der Waals surface area contributed by atoms with E-state index >= 15 is 0 Å². The van der Waals surface area contributed by atoms with Crippen LogP contribution in [0.25, 0.3) is 0 Å². The minimum Gasteiger partial charge on any atom is -0.371 e. The summed E-state index contributed by atoms with van der Waals surface area (Å²) in [5.74, 6) is 0.478. The Balaban J connectivity index is 1.44. The number of carbonyl (C=O) groups excluding carboxylic acids is 1. The van der Waals surface area contributed by atoms with Gasteiger partial charge in [0.15, 0.2) is 0 Å². The molecule has 120 valence electrons. The first-order valence-electron chi connectivity index (χ1n) is 7.81. The Morgan fingerprint density at radius 3 is 2.61 bits per heavy atom. The molecule has 0 aliphatic carbocycles. The van der Waals surface area contributed by atoms with Crippen molar-refractivity contribution in [2.45, 2.75) is 6.42 Å². The van der Waals surface area contributed by atoms with Crippen molar-refractivity contribution in [3.05, 3.63) is 59.6 Å². The van der Waals surface area contributed by atoms with Gasteiger partial charge in [-0.1, -0.05) is 29.8 Å². The minimum atomic E-state index is -0.175. The van der Waals surface area contributed by atoms with Crippen molar-refractivity contribution >= 4 is 29.0 Å². The van der Waals surface area contributed by atoms with Gasteiger partial charge < -0.3 is 15.5 Å². The number of urea groups is 1. The molecule has 0 radical (unpaired) electrons. The zero-order chi connectivity index (χ0) is 16.1. The smallest absolute Gasteiger partial charge is 0.319 e. The van der Waals surface area contributed by atoms with E-state index in [1.165, 1.54) is 5.69 Å². The summed E-state index contributed by atoms with van der Waals surface area (Å²) in [5.41, 5.74) is 1.99. The van der Waals surface area contributed by atoms with Crippen molar-refractivity contribution in [1.82, 2.24) is 5.32 Å². The average molecular weight is 330 g/mol. The third-order valence-electron chi connectivity index (χ3n) is 4.06. The Morgan fingerprint density at radius 1 is 1.13 bits per heavy atom. The molecule has 1 fully saturated rings. The number of amides is 2. The van der Waals surface area contributed by atoms with E-state index in [0.29, 0.717) is 17.5 Å². The molecule has 1 aliphatic heterocycles. The molecule has 23 heavy (non-hydrogen) atoms. The molecule has 1 unspecified atom stereocenters. The van der Waals surface area contributed by atoms with Crippen molar-refractivity contribution in [3.8, 4) is 0 Å². The van der Waals surface area contributed by atoms with Crippen LogP contribution in [0, 0.1) is 5.92 Å². The summed E-state index contributed by atoms with van der Waals surface area (Å²) < 4.78 is 0. The molecular formula is C18H20ClN3O. The predicted octanol–water partition coefficient (Wildman–Crippen LogP) is 3.99. The highest BCUT2D eigenvalue weighted by molar-refractivity contribution is 6.30. The SMILES string of the molecule is O=C(NCC1CCN(c2ccccc2)C1)Nc1ccc(Cl)cc1. The van der Waals surface area contributed by atoms with Gasteiger partial charge in [0.05, 0.1) is 0 Å². The third kappa shape index (κ3) is 4.39. The van der Waals surface area contributed by atoms with Crippen LogP contribution in [-0.2, 0) is 0 Å². The highest BCUT2D eigenvalue weighted by atomic mass is 35.5. The highest BCUT2D eigenvalue weighted by Crippen LogP contribution is 2.23. The lowest BCUT2D eigenvalue weighted by Gasteiger charge is -2.18. The molecular weight excluding hydrogens is 310 g/mol. The number of nitrogens with zero attached hydrogens (tertiary/aromatic N) is 1. The molecule has 0 bridgehead atoms. The quantitative estimate of drug-likeness (QED) is 0.890. The van der Waals surface area contributed by atoms with Gasteiger partial charge in [0.25, 0.3) is 0 Å². The van der Waals surface area contributed by atoms with Gasteiger partial charge in [-0.05, 0) is 48.7 Å². The van der Waals surface area contributed by atoms with E-state index in [0.717, 1.165) is 25.2 Å². The van der Waals surface area contributed by atoms with Crippen LogP contribution in [0.5, 0.6) is 0 Å². The molecule has 1 saturated heterocycles. The van der Waals surface area contributed by atoms with Crippen LogP contribution in [0.2, 0.25) is 5.02 Å². The average Bonchev–Trinajstić information content (AvgIpc) is 3.05. The second-order valence-electron chi connectivity index (χ2n) is 5.78. The van der Waals surface area contributed by atoms with Crippen LogP contribution < -0.4 is 15.5 Å². The number of benzene rings is 2. The van der Waals surface area contributed by atoms with Crippen LogP contribution in [0.15, 0.2) is 54.6 Å². The molecule has 4 nitrogen and oxygen atoms in total. The molecule has 2 aromatic rings. The summed E-state index contributed by atoms with van der Waals surface area (Å²) in [5, 5.41) is 6.42. The molecule has 1 heterocycles. The van der Waals surface area contributed by atoms with E-state index in [1.54, 1.807) is 24.3 Å². The lowest BCUT2D eigenvalue weighted by Crippen LogP contribution is -2.34. The van der Waals surface area contributed by atoms with Gasteiger partial charge in [0, 0.05) is 36.0 Å². The maximum atomic E-state index is 11.9. The number of halogens is 1. The molecule has 5 heteroatoms. The van der Waals surface area contributed by atoms with Crippen molar-refractivity contribution in [2.75, 3.05) is 29.9 Å². The van der Waals surface area contributed by atoms with Crippen LogP contribution in [0.3, 0.4) is 0 Å². The van der Waals surface area contributed by atoms with Gasteiger partial charge in [-0.25, -0.2) is 4.79 Å². The largest absolute Gasteiger partial charge is 0.371 e. The highest BCUT2D eigenvalue weighted by Gasteiger charge is 2.22. The standard InChI is InChI=1S/C18H20ClN3O/c19-15-6-8-16(9-7-15)21-18(23)20-12-14-10-11-22(13-14)17-4-2-1-3-5-17/h1-9,14H,10-13H2,(H2,20,21,23). The second-order valence-corrected chi connectivity index (χ2v) is 6.21. The third-order valence-corrected chi connectivity index (χ3v) is 4.31. The fraction of sp³-hybridized carbons (Fsp3) is 0.278. The molecule has 0 spiro atoms.